The Bertz CT molecular complexity index is 3290. The fraction of sp³-hybridized carbons (Fsp3) is 0.0727. The maximum absolute atomic E-state index is 6.91. The minimum Gasteiger partial charge on any atom is -0.454 e. The lowest BCUT2D eigenvalue weighted by Crippen LogP contribution is -2.15. The van der Waals surface area contributed by atoms with Crippen LogP contribution in [0.15, 0.2) is 175 Å². The molecule has 286 valence electrons. The van der Waals surface area contributed by atoms with Crippen molar-refractivity contribution in [1.82, 2.24) is 19.5 Å². The normalized spacial score (nSPS) is 13.1. The standard InChI is InChI=1S/C55H40N4O/c1-5-16-40-44-32-43-39-21-13-14-23-45(39)55(3,4)46(43)33-49(44)59(47(40)6-2)48-24-15-22-42-41-30-29-38(31-50(41)60-51(42)48)34-25-27-37(28-26-34)54-57-52(35-17-9-7-10-18-35)56-53(58-54)36-19-11-8-12-20-36/h5-33H,2H2,1,3-4H3/b16-5-. The molecule has 11 rings (SSSR count). The molecule has 5 heteroatoms. The summed E-state index contributed by atoms with van der Waals surface area (Å²) in [6.45, 7) is 11.1. The minimum absolute atomic E-state index is 0.133. The Morgan fingerprint density at radius 3 is 1.83 bits per heavy atom. The second kappa shape index (κ2) is 13.7. The molecule has 7 aromatic carbocycles. The van der Waals surface area contributed by atoms with Gasteiger partial charge in [0.15, 0.2) is 23.1 Å². The zero-order chi connectivity index (χ0) is 40.5. The molecule has 3 aromatic heterocycles. The van der Waals surface area contributed by atoms with Crippen molar-refractivity contribution in [1.29, 1.82) is 0 Å². The number of furan rings is 1. The highest BCUT2D eigenvalue weighted by Gasteiger charge is 2.36. The average Bonchev–Trinajstić information content (AvgIpc) is 3.90. The summed E-state index contributed by atoms with van der Waals surface area (Å²) in [5.74, 6) is 1.91. The molecule has 60 heavy (non-hydrogen) atoms. The predicted octanol–water partition coefficient (Wildman–Crippen LogP) is 14.4. The zero-order valence-electron chi connectivity index (χ0n) is 33.6. The highest BCUT2D eigenvalue weighted by atomic mass is 16.3. The molecule has 0 saturated carbocycles. The highest BCUT2D eigenvalue weighted by Crippen LogP contribution is 2.51. The Morgan fingerprint density at radius 1 is 0.550 bits per heavy atom. The van der Waals surface area contributed by atoms with Gasteiger partial charge in [-0.05, 0) is 76.7 Å². The van der Waals surface area contributed by atoms with E-state index in [9.17, 15) is 0 Å². The molecule has 0 aliphatic heterocycles. The molecule has 1 aliphatic rings. The van der Waals surface area contributed by atoms with Crippen molar-refractivity contribution >= 4 is 45.0 Å². The fourth-order valence-electron chi connectivity index (χ4n) is 9.22. The van der Waals surface area contributed by atoms with E-state index in [-0.39, 0.29) is 5.41 Å². The first-order valence-corrected chi connectivity index (χ1v) is 20.4. The average molecular weight is 773 g/mol. The molecule has 3 heterocycles. The van der Waals surface area contributed by atoms with Crippen LogP contribution in [-0.2, 0) is 5.41 Å². The Labute approximate surface area is 348 Å². The minimum atomic E-state index is -0.133. The van der Waals surface area contributed by atoms with Gasteiger partial charge in [0.2, 0.25) is 0 Å². The van der Waals surface area contributed by atoms with Crippen LogP contribution in [0.5, 0.6) is 0 Å². The maximum atomic E-state index is 6.91. The molecule has 0 unspecified atom stereocenters. The SMILES string of the molecule is C=Cc1c(/C=C\C)c2cc3c(cc2n1-c1cccc2c1oc1cc(-c4ccc(-c5nc(-c6ccccc6)nc(-c6ccccc6)n5)cc4)ccc12)C(C)(C)c1ccccc1-3. The molecule has 5 nitrogen and oxygen atoms in total. The molecule has 0 radical (unpaired) electrons. The van der Waals surface area contributed by atoms with Crippen molar-refractivity contribution in [2.45, 2.75) is 26.2 Å². The van der Waals surface area contributed by atoms with Crippen molar-refractivity contribution in [3.05, 3.63) is 193 Å². The summed E-state index contributed by atoms with van der Waals surface area (Å²) < 4.78 is 9.25. The van der Waals surface area contributed by atoms with Crippen molar-refractivity contribution in [3.8, 4) is 62.1 Å². The Morgan fingerprint density at radius 2 is 1.17 bits per heavy atom. The van der Waals surface area contributed by atoms with Crippen LogP contribution in [0.2, 0.25) is 0 Å². The lowest BCUT2D eigenvalue weighted by atomic mass is 9.82. The number of nitrogens with zero attached hydrogens (tertiary/aromatic N) is 4. The molecule has 0 saturated heterocycles. The maximum Gasteiger partial charge on any atom is 0.164 e. The second-order valence-corrected chi connectivity index (χ2v) is 16.0. The number of para-hydroxylation sites is 1. The van der Waals surface area contributed by atoms with Crippen molar-refractivity contribution < 1.29 is 4.42 Å². The lowest BCUT2D eigenvalue weighted by Gasteiger charge is -2.21. The van der Waals surface area contributed by atoms with Crippen molar-refractivity contribution in [2.24, 2.45) is 0 Å². The van der Waals surface area contributed by atoms with Crippen LogP contribution >= 0.6 is 0 Å². The number of allylic oxidation sites excluding steroid dienone is 1. The van der Waals surface area contributed by atoms with Gasteiger partial charge in [0, 0.05) is 43.8 Å². The Kier molecular flexibility index (Phi) is 8.14. The number of benzene rings is 7. The van der Waals surface area contributed by atoms with E-state index in [2.05, 4.69) is 141 Å². The summed E-state index contributed by atoms with van der Waals surface area (Å²) >= 11 is 0. The van der Waals surface area contributed by atoms with Gasteiger partial charge in [0.1, 0.15) is 5.58 Å². The summed E-state index contributed by atoms with van der Waals surface area (Å²) in [6, 6.07) is 55.1. The Hall–Kier alpha value is -7.63. The third-order valence-corrected chi connectivity index (χ3v) is 12.2. The van der Waals surface area contributed by atoms with Gasteiger partial charge >= 0.3 is 0 Å². The molecule has 0 amide bonds. The van der Waals surface area contributed by atoms with Crippen LogP contribution < -0.4 is 0 Å². The van der Waals surface area contributed by atoms with Crippen LogP contribution in [-0.4, -0.2) is 19.5 Å². The largest absolute Gasteiger partial charge is 0.454 e. The van der Waals surface area contributed by atoms with E-state index >= 15 is 0 Å². The van der Waals surface area contributed by atoms with Gasteiger partial charge in [-0.25, -0.2) is 15.0 Å². The molecule has 0 bridgehead atoms. The fourth-order valence-corrected chi connectivity index (χ4v) is 9.22. The van der Waals surface area contributed by atoms with Gasteiger partial charge in [0.25, 0.3) is 0 Å². The monoisotopic (exact) mass is 772 g/mol. The molecule has 0 spiro atoms. The van der Waals surface area contributed by atoms with Gasteiger partial charge < -0.3 is 8.98 Å². The number of hydrogen-bond donors (Lipinski definition) is 0. The number of hydrogen-bond acceptors (Lipinski definition) is 4. The van der Waals surface area contributed by atoms with E-state index in [0.29, 0.717) is 17.5 Å². The molecule has 1 aliphatic carbocycles. The number of rotatable bonds is 7. The summed E-state index contributed by atoms with van der Waals surface area (Å²) in [6.07, 6.45) is 6.29. The quantitative estimate of drug-likeness (QED) is 0.162. The van der Waals surface area contributed by atoms with Gasteiger partial charge in [-0.3, -0.25) is 0 Å². The summed E-state index contributed by atoms with van der Waals surface area (Å²) in [7, 11) is 0. The van der Waals surface area contributed by atoms with Crippen LogP contribution in [0, 0.1) is 0 Å². The van der Waals surface area contributed by atoms with Crippen LogP contribution in [0.1, 0.15) is 43.2 Å². The Balaban J connectivity index is 1.01. The zero-order valence-corrected chi connectivity index (χ0v) is 33.6. The molecule has 0 atom stereocenters. The second-order valence-electron chi connectivity index (χ2n) is 16.0. The van der Waals surface area contributed by atoms with Gasteiger partial charge in [0.05, 0.1) is 16.9 Å². The molecule has 10 aromatic rings. The topological polar surface area (TPSA) is 56.7 Å². The first kappa shape index (κ1) is 35.5. The summed E-state index contributed by atoms with van der Waals surface area (Å²) in [5.41, 5.74) is 16.1. The summed E-state index contributed by atoms with van der Waals surface area (Å²) in [5, 5.41) is 3.33. The van der Waals surface area contributed by atoms with E-state index in [4.69, 9.17) is 19.4 Å². The number of fused-ring (bicyclic) bond motifs is 7. The van der Waals surface area contributed by atoms with Gasteiger partial charge in [-0.15, -0.1) is 0 Å². The third kappa shape index (κ3) is 5.50. The first-order chi connectivity index (χ1) is 29.4. The van der Waals surface area contributed by atoms with E-state index < -0.39 is 0 Å². The summed E-state index contributed by atoms with van der Waals surface area (Å²) in [4.78, 5) is 14.7. The predicted molar refractivity (Wildman–Crippen MR) is 248 cm³/mol. The molecule has 0 N–H and O–H groups in total. The van der Waals surface area contributed by atoms with Gasteiger partial charge in [-0.2, -0.15) is 0 Å². The third-order valence-electron chi connectivity index (χ3n) is 12.2. The van der Waals surface area contributed by atoms with E-state index in [1.54, 1.807) is 0 Å². The molecular formula is C55H40N4O. The smallest absolute Gasteiger partial charge is 0.164 e. The number of aromatic nitrogens is 4. The highest BCUT2D eigenvalue weighted by molar-refractivity contribution is 6.10. The van der Waals surface area contributed by atoms with Crippen LogP contribution in [0.25, 0.3) is 107 Å². The molecular weight excluding hydrogens is 733 g/mol. The van der Waals surface area contributed by atoms with E-state index in [0.717, 1.165) is 72.2 Å². The van der Waals surface area contributed by atoms with Crippen molar-refractivity contribution in [3.63, 3.8) is 0 Å². The lowest BCUT2D eigenvalue weighted by molar-refractivity contribution is 0.660. The van der Waals surface area contributed by atoms with E-state index in [1.807, 2.05) is 66.7 Å². The first-order valence-electron chi connectivity index (χ1n) is 20.4. The van der Waals surface area contributed by atoms with Gasteiger partial charge in [-0.1, -0.05) is 160 Å². The van der Waals surface area contributed by atoms with E-state index in [1.165, 1.54) is 27.6 Å². The van der Waals surface area contributed by atoms with Crippen LogP contribution in [0.3, 0.4) is 0 Å². The molecule has 0 fully saturated rings. The van der Waals surface area contributed by atoms with Crippen LogP contribution in [0.4, 0.5) is 0 Å². The van der Waals surface area contributed by atoms with Crippen molar-refractivity contribution in [2.75, 3.05) is 0 Å².